The SMILES string of the molecule is CN(C)NC(=O)C(=O)NC1CC(C)(C)NC(C)(C)C1. The van der Waals surface area contributed by atoms with Crippen LogP contribution in [0.5, 0.6) is 0 Å². The summed E-state index contributed by atoms with van der Waals surface area (Å²) in [5.41, 5.74) is 2.32. The Bertz CT molecular complexity index is 348. The molecule has 0 aromatic carbocycles. The van der Waals surface area contributed by atoms with Crippen LogP contribution in [0.1, 0.15) is 40.5 Å². The maximum Gasteiger partial charge on any atom is 0.323 e. The normalized spacial score (nSPS) is 22.1. The average Bonchev–Trinajstić information content (AvgIpc) is 2.10. The molecule has 0 radical (unpaired) electrons. The van der Waals surface area contributed by atoms with E-state index in [0.29, 0.717) is 0 Å². The molecule has 0 unspecified atom stereocenters. The Kier molecular flexibility index (Phi) is 4.58. The number of nitrogens with zero attached hydrogens (tertiary/aromatic N) is 1. The number of hydrazine groups is 1. The van der Waals surface area contributed by atoms with Crippen molar-refractivity contribution in [1.82, 2.24) is 21.1 Å². The number of piperidine rings is 1. The van der Waals surface area contributed by atoms with Crippen molar-refractivity contribution in [3.05, 3.63) is 0 Å². The lowest BCUT2D eigenvalue weighted by Gasteiger charge is -2.46. The lowest BCUT2D eigenvalue weighted by atomic mass is 9.79. The Morgan fingerprint density at radius 1 is 1.05 bits per heavy atom. The molecule has 0 aliphatic carbocycles. The van der Waals surface area contributed by atoms with Gasteiger partial charge in [-0.1, -0.05) is 0 Å². The summed E-state index contributed by atoms with van der Waals surface area (Å²) in [6.07, 6.45) is 1.61. The van der Waals surface area contributed by atoms with Crippen molar-refractivity contribution in [2.24, 2.45) is 0 Å². The van der Waals surface area contributed by atoms with Gasteiger partial charge in [-0.2, -0.15) is 0 Å². The molecule has 19 heavy (non-hydrogen) atoms. The molecule has 1 heterocycles. The van der Waals surface area contributed by atoms with Crippen molar-refractivity contribution >= 4 is 11.8 Å². The molecule has 1 aliphatic rings. The zero-order valence-corrected chi connectivity index (χ0v) is 12.8. The van der Waals surface area contributed by atoms with Gasteiger partial charge < -0.3 is 10.6 Å². The molecule has 0 aromatic heterocycles. The predicted molar refractivity (Wildman–Crippen MR) is 74.3 cm³/mol. The molecule has 0 bridgehead atoms. The summed E-state index contributed by atoms with van der Waals surface area (Å²) >= 11 is 0. The van der Waals surface area contributed by atoms with Gasteiger partial charge in [-0.15, -0.1) is 0 Å². The van der Waals surface area contributed by atoms with Gasteiger partial charge in [0.15, 0.2) is 0 Å². The minimum Gasteiger partial charge on any atom is -0.345 e. The quantitative estimate of drug-likeness (QED) is 0.488. The molecule has 1 saturated heterocycles. The van der Waals surface area contributed by atoms with Crippen molar-refractivity contribution in [3.8, 4) is 0 Å². The third kappa shape index (κ3) is 5.16. The Morgan fingerprint density at radius 2 is 1.53 bits per heavy atom. The smallest absolute Gasteiger partial charge is 0.323 e. The Labute approximate surface area is 115 Å². The molecule has 6 nitrogen and oxygen atoms in total. The summed E-state index contributed by atoms with van der Waals surface area (Å²) in [4.78, 5) is 23.4. The standard InChI is InChI=1S/C13H26N4O2/c1-12(2)7-9(8-13(3,4)16-12)14-10(18)11(19)15-17(5)6/h9,16H,7-8H2,1-6H3,(H,14,18)(H,15,19). The number of hydrogen-bond acceptors (Lipinski definition) is 4. The van der Waals surface area contributed by atoms with E-state index in [0.717, 1.165) is 12.8 Å². The van der Waals surface area contributed by atoms with Crippen LogP contribution in [0.4, 0.5) is 0 Å². The summed E-state index contributed by atoms with van der Waals surface area (Å²) in [5.74, 6) is -1.20. The molecule has 110 valence electrons. The van der Waals surface area contributed by atoms with Crippen molar-refractivity contribution in [2.45, 2.75) is 57.7 Å². The van der Waals surface area contributed by atoms with Crippen LogP contribution in [0.3, 0.4) is 0 Å². The average molecular weight is 270 g/mol. The second-order valence-corrected chi connectivity index (χ2v) is 6.81. The fraction of sp³-hybridized carbons (Fsp3) is 0.846. The van der Waals surface area contributed by atoms with Gasteiger partial charge in [-0.05, 0) is 40.5 Å². The Balaban J connectivity index is 2.61. The van der Waals surface area contributed by atoms with E-state index in [4.69, 9.17) is 0 Å². The predicted octanol–water partition coefficient (Wildman–Crippen LogP) is 0.00460. The Hall–Kier alpha value is -1.14. The van der Waals surface area contributed by atoms with Gasteiger partial charge in [0.05, 0.1) is 0 Å². The second kappa shape index (κ2) is 5.46. The first kappa shape index (κ1) is 15.9. The van der Waals surface area contributed by atoms with Gasteiger partial charge in [0.25, 0.3) is 0 Å². The minimum atomic E-state index is -0.626. The first-order valence-electron chi connectivity index (χ1n) is 6.59. The number of amides is 2. The third-order valence-electron chi connectivity index (χ3n) is 3.06. The van der Waals surface area contributed by atoms with Crippen molar-refractivity contribution in [1.29, 1.82) is 0 Å². The van der Waals surface area contributed by atoms with E-state index in [1.54, 1.807) is 14.1 Å². The molecular formula is C13H26N4O2. The first-order valence-corrected chi connectivity index (χ1v) is 6.59. The minimum absolute atomic E-state index is 0.00617. The molecule has 0 saturated carbocycles. The van der Waals surface area contributed by atoms with Crippen molar-refractivity contribution in [3.63, 3.8) is 0 Å². The molecule has 3 N–H and O–H groups in total. The fourth-order valence-corrected chi connectivity index (χ4v) is 2.93. The van der Waals surface area contributed by atoms with E-state index < -0.39 is 11.8 Å². The van der Waals surface area contributed by atoms with Crippen LogP contribution in [0.15, 0.2) is 0 Å². The zero-order valence-electron chi connectivity index (χ0n) is 12.8. The van der Waals surface area contributed by atoms with E-state index in [1.165, 1.54) is 5.01 Å². The Morgan fingerprint density at radius 3 is 1.95 bits per heavy atom. The van der Waals surface area contributed by atoms with Crippen LogP contribution in [0.25, 0.3) is 0 Å². The maximum absolute atomic E-state index is 11.8. The summed E-state index contributed by atoms with van der Waals surface area (Å²) < 4.78 is 0. The topological polar surface area (TPSA) is 73.5 Å². The van der Waals surface area contributed by atoms with E-state index in [9.17, 15) is 9.59 Å². The summed E-state index contributed by atoms with van der Waals surface area (Å²) in [6, 6.07) is 0.00617. The summed E-state index contributed by atoms with van der Waals surface area (Å²) in [7, 11) is 3.34. The van der Waals surface area contributed by atoms with Gasteiger partial charge in [0.1, 0.15) is 0 Å². The highest BCUT2D eigenvalue weighted by Crippen LogP contribution is 2.28. The van der Waals surface area contributed by atoms with Crippen LogP contribution in [-0.4, -0.2) is 48.0 Å². The van der Waals surface area contributed by atoms with Crippen LogP contribution >= 0.6 is 0 Å². The number of nitrogens with one attached hydrogen (secondary N) is 3. The first-order chi connectivity index (χ1) is 8.51. The highest BCUT2D eigenvalue weighted by atomic mass is 16.2. The van der Waals surface area contributed by atoms with Gasteiger partial charge in [0.2, 0.25) is 0 Å². The molecule has 0 aromatic rings. The van der Waals surface area contributed by atoms with E-state index in [2.05, 4.69) is 43.8 Å². The van der Waals surface area contributed by atoms with Gasteiger partial charge in [-0.25, -0.2) is 5.01 Å². The molecule has 1 fully saturated rings. The van der Waals surface area contributed by atoms with Crippen LogP contribution in [0.2, 0.25) is 0 Å². The van der Waals surface area contributed by atoms with E-state index in [-0.39, 0.29) is 17.1 Å². The number of carbonyl (C=O) groups excluding carboxylic acids is 2. The molecular weight excluding hydrogens is 244 g/mol. The number of hydrogen-bond donors (Lipinski definition) is 3. The maximum atomic E-state index is 11.8. The van der Waals surface area contributed by atoms with Crippen molar-refractivity contribution in [2.75, 3.05) is 14.1 Å². The highest BCUT2D eigenvalue weighted by Gasteiger charge is 2.38. The molecule has 2 amide bonds. The van der Waals surface area contributed by atoms with Crippen LogP contribution in [0, 0.1) is 0 Å². The lowest BCUT2D eigenvalue weighted by molar-refractivity contribution is -0.142. The van der Waals surface area contributed by atoms with Crippen LogP contribution in [-0.2, 0) is 9.59 Å². The third-order valence-corrected chi connectivity index (χ3v) is 3.06. The van der Waals surface area contributed by atoms with Gasteiger partial charge in [0, 0.05) is 31.2 Å². The second-order valence-electron chi connectivity index (χ2n) is 6.81. The van der Waals surface area contributed by atoms with Gasteiger partial charge >= 0.3 is 11.8 Å². The fourth-order valence-electron chi connectivity index (χ4n) is 2.93. The molecule has 1 rings (SSSR count). The summed E-state index contributed by atoms with van der Waals surface area (Å²) in [5, 5.41) is 7.81. The largest absolute Gasteiger partial charge is 0.345 e. The van der Waals surface area contributed by atoms with E-state index >= 15 is 0 Å². The molecule has 1 aliphatic heterocycles. The highest BCUT2D eigenvalue weighted by molar-refractivity contribution is 6.35. The number of carbonyl (C=O) groups is 2. The lowest BCUT2D eigenvalue weighted by Crippen LogP contribution is -2.63. The van der Waals surface area contributed by atoms with Gasteiger partial charge in [-0.3, -0.25) is 15.0 Å². The molecule has 0 atom stereocenters. The zero-order chi connectivity index (χ0) is 14.8. The molecule has 0 spiro atoms. The molecule has 6 heteroatoms. The van der Waals surface area contributed by atoms with Crippen molar-refractivity contribution < 1.29 is 9.59 Å². The number of rotatable bonds is 2. The monoisotopic (exact) mass is 270 g/mol. The van der Waals surface area contributed by atoms with Crippen LogP contribution < -0.4 is 16.1 Å². The summed E-state index contributed by atoms with van der Waals surface area (Å²) in [6.45, 7) is 8.42. The van der Waals surface area contributed by atoms with E-state index in [1.807, 2.05) is 0 Å².